The Morgan fingerprint density at radius 2 is 1.00 bits per heavy atom. The lowest BCUT2D eigenvalue weighted by Gasteiger charge is -2.04. The maximum absolute atomic E-state index is 13.5. The summed E-state index contributed by atoms with van der Waals surface area (Å²) in [5.74, 6) is -3.11. The molecular weight excluding hydrogens is 308 g/mol. The van der Waals surface area contributed by atoms with Gasteiger partial charge >= 0.3 is 0 Å². The van der Waals surface area contributed by atoms with Crippen molar-refractivity contribution in [2.75, 3.05) is 0 Å². The van der Waals surface area contributed by atoms with E-state index in [9.17, 15) is 17.6 Å². The summed E-state index contributed by atoms with van der Waals surface area (Å²) in [6.45, 7) is 3.12. The molecule has 0 N–H and O–H groups in total. The van der Waals surface area contributed by atoms with E-state index in [1.807, 2.05) is 0 Å². The van der Waals surface area contributed by atoms with E-state index in [4.69, 9.17) is 0 Å². The molecule has 2 aromatic rings. The maximum atomic E-state index is 13.5. The molecule has 0 saturated carbocycles. The number of halogens is 4. The van der Waals surface area contributed by atoms with Gasteiger partial charge in [-0.2, -0.15) is 0 Å². The molecule has 0 aromatic heterocycles. The van der Waals surface area contributed by atoms with Crippen molar-refractivity contribution in [3.05, 3.63) is 59.7 Å². The van der Waals surface area contributed by atoms with Crippen LogP contribution < -0.4 is 0 Å². The minimum absolute atomic E-state index is 0.127. The zero-order chi connectivity index (χ0) is 17.0. The van der Waals surface area contributed by atoms with Crippen LogP contribution in [0.3, 0.4) is 0 Å². The van der Waals surface area contributed by atoms with Gasteiger partial charge in [-0.25, -0.2) is 17.6 Å². The Hall–Kier alpha value is -2.50. The lowest BCUT2D eigenvalue weighted by atomic mass is 10.2. The fraction of sp³-hybridized carbons (Fsp3) is 0.176. The summed E-state index contributed by atoms with van der Waals surface area (Å²) in [6.07, 6.45) is 0.127. The molecule has 6 heteroatoms. The highest BCUT2D eigenvalue weighted by Gasteiger charge is 2.10. The lowest BCUT2D eigenvalue weighted by molar-refractivity contribution is 0.587. The van der Waals surface area contributed by atoms with Crippen molar-refractivity contribution in [2.45, 2.75) is 20.3 Å². The molecule has 0 saturated heterocycles. The summed E-state index contributed by atoms with van der Waals surface area (Å²) in [5, 5.41) is 0. The predicted octanol–water partition coefficient (Wildman–Crippen LogP) is 5.52. The molecule has 0 fully saturated rings. The molecule has 0 spiro atoms. The van der Waals surface area contributed by atoms with Crippen LogP contribution in [-0.2, 0) is 0 Å². The molecule has 23 heavy (non-hydrogen) atoms. The van der Waals surface area contributed by atoms with Crippen LogP contribution in [0.1, 0.15) is 20.3 Å². The summed E-state index contributed by atoms with van der Waals surface area (Å²) in [6, 6.07) is 6.89. The lowest BCUT2D eigenvalue weighted by Crippen LogP contribution is -2.01. The summed E-state index contributed by atoms with van der Waals surface area (Å²) >= 11 is 0. The van der Waals surface area contributed by atoms with Gasteiger partial charge in [0.15, 0.2) is 23.3 Å². The Morgan fingerprint density at radius 3 is 1.30 bits per heavy atom. The van der Waals surface area contributed by atoms with Gasteiger partial charge in [0.05, 0.1) is 0 Å². The standard InChI is InChI=1S/C17H14F4N2/c1-10(22-16-12(18)5-3-6-13(16)19)9-11(2)23-17-14(20)7-4-8-15(17)21/h3-8H,9H2,1-2H3. The minimum Gasteiger partial charge on any atom is -0.252 e. The second kappa shape index (κ2) is 7.17. The van der Waals surface area contributed by atoms with E-state index in [1.165, 1.54) is 12.1 Å². The molecule has 0 bridgehead atoms. The Labute approximate surface area is 131 Å². The Balaban J connectivity index is 2.24. The Kier molecular flexibility index (Phi) is 5.26. The number of nitrogens with zero attached hydrogens (tertiary/aromatic N) is 2. The summed E-state index contributed by atoms with van der Waals surface area (Å²) in [4.78, 5) is 7.77. The summed E-state index contributed by atoms with van der Waals surface area (Å²) < 4.78 is 54.1. The van der Waals surface area contributed by atoms with Gasteiger partial charge in [-0.15, -0.1) is 0 Å². The van der Waals surface area contributed by atoms with Gasteiger partial charge in [-0.05, 0) is 38.1 Å². The zero-order valence-corrected chi connectivity index (χ0v) is 12.6. The molecule has 0 aliphatic rings. The van der Waals surface area contributed by atoms with Crippen molar-refractivity contribution in [3.63, 3.8) is 0 Å². The average molecular weight is 322 g/mol. The third kappa shape index (κ3) is 4.25. The van der Waals surface area contributed by atoms with E-state index in [1.54, 1.807) is 13.8 Å². The molecule has 0 atom stereocenters. The second-order valence-electron chi connectivity index (χ2n) is 5.01. The molecule has 0 aliphatic heterocycles. The highest BCUT2D eigenvalue weighted by atomic mass is 19.1. The number of benzene rings is 2. The molecule has 120 valence electrons. The van der Waals surface area contributed by atoms with E-state index in [2.05, 4.69) is 9.98 Å². The van der Waals surface area contributed by atoms with E-state index >= 15 is 0 Å². The SMILES string of the molecule is CC(CC(C)=Nc1c(F)cccc1F)=Nc1c(F)cccc1F. The van der Waals surface area contributed by atoms with Gasteiger partial charge in [0, 0.05) is 17.8 Å². The number of rotatable bonds is 4. The van der Waals surface area contributed by atoms with Gasteiger partial charge in [0.25, 0.3) is 0 Å². The summed E-state index contributed by atoms with van der Waals surface area (Å²) in [7, 11) is 0. The fourth-order valence-corrected chi connectivity index (χ4v) is 2.02. The molecule has 0 heterocycles. The van der Waals surface area contributed by atoms with E-state index in [0.717, 1.165) is 24.3 Å². The van der Waals surface area contributed by atoms with Crippen molar-refractivity contribution in [1.29, 1.82) is 0 Å². The molecule has 2 nitrogen and oxygen atoms in total. The first kappa shape index (κ1) is 16.9. The first-order valence-corrected chi connectivity index (χ1v) is 6.85. The molecule has 0 unspecified atom stereocenters. The smallest absolute Gasteiger partial charge is 0.151 e. The molecule has 2 rings (SSSR count). The van der Waals surface area contributed by atoms with Crippen molar-refractivity contribution < 1.29 is 17.6 Å². The third-order valence-corrected chi connectivity index (χ3v) is 2.99. The number of para-hydroxylation sites is 2. The fourth-order valence-electron chi connectivity index (χ4n) is 2.02. The topological polar surface area (TPSA) is 24.7 Å². The quantitative estimate of drug-likeness (QED) is 0.523. The molecule has 0 amide bonds. The monoisotopic (exact) mass is 322 g/mol. The van der Waals surface area contributed by atoms with Crippen LogP contribution in [0, 0.1) is 23.3 Å². The number of hydrogen-bond acceptors (Lipinski definition) is 2. The Bertz CT molecular complexity index is 676. The maximum Gasteiger partial charge on any atom is 0.151 e. The second-order valence-corrected chi connectivity index (χ2v) is 5.01. The molecule has 2 aromatic carbocycles. The average Bonchev–Trinajstić information content (AvgIpc) is 2.47. The largest absolute Gasteiger partial charge is 0.252 e. The van der Waals surface area contributed by atoms with E-state index < -0.39 is 34.6 Å². The molecule has 0 aliphatic carbocycles. The zero-order valence-electron chi connectivity index (χ0n) is 12.6. The third-order valence-electron chi connectivity index (χ3n) is 2.99. The van der Waals surface area contributed by atoms with Crippen LogP contribution in [0.15, 0.2) is 46.4 Å². The predicted molar refractivity (Wildman–Crippen MR) is 82.9 cm³/mol. The van der Waals surface area contributed by atoms with Crippen LogP contribution in [0.4, 0.5) is 28.9 Å². The van der Waals surface area contributed by atoms with Crippen molar-refractivity contribution in [1.82, 2.24) is 0 Å². The highest BCUT2D eigenvalue weighted by molar-refractivity contribution is 6.04. The highest BCUT2D eigenvalue weighted by Crippen LogP contribution is 2.24. The van der Waals surface area contributed by atoms with Crippen LogP contribution in [-0.4, -0.2) is 11.4 Å². The molecular formula is C17H14F4N2. The Morgan fingerprint density at radius 1 is 0.696 bits per heavy atom. The van der Waals surface area contributed by atoms with Crippen LogP contribution >= 0.6 is 0 Å². The van der Waals surface area contributed by atoms with Crippen LogP contribution in [0.2, 0.25) is 0 Å². The van der Waals surface area contributed by atoms with E-state index in [0.29, 0.717) is 11.4 Å². The van der Waals surface area contributed by atoms with Gasteiger partial charge in [-0.1, -0.05) is 12.1 Å². The first-order chi connectivity index (χ1) is 10.9. The van der Waals surface area contributed by atoms with Crippen molar-refractivity contribution in [2.24, 2.45) is 9.98 Å². The summed E-state index contributed by atoms with van der Waals surface area (Å²) in [5.41, 5.74) is -0.0521. The van der Waals surface area contributed by atoms with E-state index in [-0.39, 0.29) is 6.42 Å². The van der Waals surface area contributed by atoms with Gasteiger partial charge < -0.3 is 0 Å². The van der Waals surface area contributed by atoms with Crippen LogP contribution in [0.25, 0.3) is 0 Å². The minimum atomic E-state index is -0.779. The van der Waals surface area contributed by atoms with Gasteiger partial charge in [0.2, 0.25) is 0 Å². The number of aliphatic imine (C=N–C) groups is 2. The number of hydrogen-bond donors (Lipinski definition) is 0. The van der Waals surface area contributed by atoms with Crippen LogP contribution in [0.5, 0.6) is 0 Å². The van der Waals surface area contributed by atoms with Gasteiger partial charge in [-0.3, -0.25) is 9.98 Å². The van der Waals surface area contributed by atoms with Gasteiger partial charge in [0.1, 0.15) is 11.4 Å². The normalized spacial score (nSPS) is 12.6. The van der Waals surface area contributed by atoms with Crippen molar-refractivity contribution in [3.8, 4) is 0 Å². The first-order valence-electron chi connectivity index (χ1n) is 6.85. The molecule has 0 radical (unpaired) electrons. The van der Waals surface area contributed by atoms with Crippen molar-refractivity contribution >= 4 is 22.8 Å².